The molecular weight excluding hydrogens is 355 g/mol. The molecule has 2 aromatic carbocycles. The van der Waals surface area contributed by atoms with Crippen LogP contribution in [0.25, 0.3) is 10.9 Å². The number of hydrazine groups is 1. The highest BCUT2D eigenvalue weighted by atomic mass is 19.1. The molecule has 0 atom stereocenters. The van der Waals surface area contributed by atoms with Crippen LogP contribution in [0, 0.1) is 5.82 Å². The number of hydrogen-bond donors (Lipinski definition) is 4. The third kappa shape index (κ3) is 3.35. The molecule has 0 unspecified atom stereocenters. The van der Waals surface area contributed by atoms with Gasteiger partial charge >= 0.3 is 0 Å². The first kappa shape index (κ1) is 17.8. The number of rotatable bonds is 5. The summed E-state index contributed by atoms with van der Waals surface area (Å²) in [5, 5.41) is 1.11. The number of nitrogens with one attached hydrogen (secondary N) is 1. The Hall–Kier alpha value is -3.58. The Balaban J connectivity index is 1.70. The van der Waals surface area contributed by atoms with Gasteiger partial charge in [-0.25, -0.2) is 15.2 Å². The minimum Gasteiger partial charge on any atom is -0.395 e. The minimum atomic E-state index is -0.232. The first-order valence-corrected chi connectivity index (χ1v) is 8.88. The largest absolute Gasteiger partial charge is 0.395 e. The Morgan fingerprint density at radius 1 is 1.00 bits per heavy atom. The molecule has 0 aliphatic rings. The zero-order valence-corrected chi connectivity index (χ0v) is 15.2. The highest BCUT2D eigenvalue weighted by Crippen LogP contribution is 2.28. The third-order valence-corrected chi connectivity index (χ3v) is 4.83. The highest BCUT2D eigenvalue weighted by molar-refractivity contribution is 5.84. The van der Waals surface area contributed by atoms with Crippen molar-refractivity contribution in [2.75, 3.05) is 16.9 Å². The van der Waals surface area contributed by atoms with Gasteiger partial charge in [0.2, 0.25) is 0 Å². The van der Waals surface area contributed by atoms with Gasteiger partial charge in [-0.05, 0) is 47.0 Å². The second kappa shape index (κ2) is 7.21. The monoisotopic (exact) mass is 376 g/mol. The van der Waals surface area contributed by atoms with E-state index in [1.54, 1.807) is 18.2 Å². The number of nitrogens with two attached hydrogens (primary N) is 3. The maximum absolute atomic E-state index is 13.5. The standard InChI is InChI=1S/C21H21FN6/c22-16-5-1-3-13(9-16)12-28-8-7-17-14(4-2-6-18(17)28)10-15-11-19(23)26-21(27-25)20(15)24/h1-9,11H,10,12,24-25H2,(H3,23,26,27). The molecule has 0 radical (unpaired) electrons. The van der Waals surface area contributed by atoms with Gasteiger partial charge in [-0.1, -0.05) is 24.3 Å². The Morgan fingerprint density at radius 3 is 2.61 bits per heavy atom. The lowest BCUT2D eigenvalue weighted by atomic mass is 10.0. The van der Waals surface area contributed by atoms with Crippen molar-refractivity contribution in [2.24, 2.45) is 5.84 Å². The summed E-state index contributed by atoms with van der Waals surface area (Å²) in [7, 11) is 0. The van der Waals surface area contributed by atoms with E-state index in [0.29, 0.717) is 30.3 Å². The Labute approximate surface area is 161 Å². The van der Waals surface area contributed by atoms with Gasteiger partial charge in [0.1, 0.15) is 11.6 Å². The van der Waals surface area contributed by atoms with E-state index in [2.05, 4.69) is 33.2 Å². The van der Waals surface area contributed by atoms with Crippen molar-refractivity contribution in [2.45, 2.75) is 13.0 Å². The lowest BCUT2D eigenvalue weighted by Gasteiger charge is -2.12. The molecule has 0 fully saturated rings. The van der Waals surface area contributed by atoms with Crippen molar-refractivity contribution < 1.29 is 4.39 Å². The molecule has 28 heavy (non-hydrogen) atoms. The number of aromatic nitrogens is 2. The van der Waals surface area contributed by atoms with E-state index >= 15 is 0 Å². The van der Waals surface area contributed by atoms with Crippen molar-refractivity contribution in [1.82, 2.24) is 9.55 Å². The summed E-state index contributed by atoms with van der Waals surface area (Å²) in [5.74, 6) is 5.97. The molecule has 2 aromatic heterocycles. The number of nitrogens with zero attached hydrogens (tertiary/aromatic N) is 2. The normalized spacial score (nSPS) is 11.1. The van der Waals surface area contributed by atoms with Crippen molar-refractivity contribution in [3.8, 4) is 0 Å². The second-order valence-corrected chi connectivity index (χ2v) is 6.71. The number of fused-ring (bicyclic) bond motifs is 1. The fraction of sp³-hybridized carbons (Fsp3) is 0.0952. The van der Waals surface area contributed by atoms with Crippen LogP contribution in [-0.2, 0) is 13.0 Å². The van der Waals surface area contributed by atoms with E-state index in [1.165, 1.54) is 6.07 Å². The van der Waals surface area contributed by atoms with Crippen molar-refractivity contribution >= 4 is 28.2 Å². The predicted octanol–water partition coefficient (Wildman–Crippen LogP) is 3.26. The van der Waals surface area contributed by atoms with E-state index in [-0.39, 0.29) is 5.82 Å². The number of pyridine rings is 1. The van der Waals surface area contributed by atoms with Gasteiger partial charge in [0.25, 0.3) is 0 Å². The molecule has 6 nitrogen and oxygen atoms in total. The van der Waals surface area contributed by atoms with Crippen LogP contribution in [-0.4, -0.2) is 9.55 Å². The molecule has 7 heteroatoms. The maximum atomic E-state index is 13.5. The third-order valence-electron chi connectivity index (χ3n) is 4.83. The lowest BCUT2D eigenvalue weighted by molar-refractivity contribution is 0.624. The van der Waals surface area contributed by atoms with Gasteiger partial charge in [0, 0.05) is 30.1 Å². The fourth-order valence-electron chi connectivity index (χ4n) is 3.50. The number of nitrogen functional groups attached to an aromatic ring is 3. The smallest absolute Gasteiger partial charge is 0.165 e. The summed E-state index contributed by atoms with van der Waals surface area (Å²) >= 11 is 0. The number of anilines is 3. The average Bonchev–Trinajstić information content (AvgIpc) is 3.08. The second-order valence-electron chi connectivity index (χ2n) is 6.71. The zero-order chi connectivity index (χ0) is 19.7. The number of halogens is 1. The van der Waals surface area contributed by atoms with Gasteiger partial charge in [-0.3, -0.25) is 0 Å². The summed E-state index contributed by atoms with van der Waals surface area (Å²) in [4.78, 5) is 4.10. The molecule has 7 N–H and O–H groups in total. The molecule has 0 saturated heterocycles. The van der Waals surface area contributed by atoms with Crippen LogP contribution in [0.1, 0.15) is 16.7 Å². The van der Waals surface area contributed by atoms with Gasteiger partial charge in [-0.15, -0.1) is 0 Å². The van der Waals surface area contributed by atoms with E-state index < -0.39 is 0 Å². The van der Waals surface area contributed by atoms with Gasteiger partial charge in [-0.2, -0.15) is 0 Å². The van der Waals surface area contributed by atoms with Crippen molar-refractivity contribution in [3.63, 3.8) is 0 Å². The van der Waals surface area contributed by atoms with E-state index in [1.807, 2.05) is 18.3 Å². The molecule has 2 heterocycles. The first-order valence-electron chi connectivity index (χ1n) is 8.88. The summed E-state index contributed by atoms with van der Waals surface area (Å²) < 4.78 is 15.6. The van der Waals surface area contributed by atoms with Crippen LogP contribution in [0.4, 0.5) is 21.7 Å². The molecule has 4 aromatic rings. The van der Waals surface area contributed by atoms with Gasteiger partial charge in [0.15, 0.2) is 5.82 Å². The molecule has 0 aliphatic heterocycles. The summed E-state index contributed by atoms with van der Waals surface area (Å²) in [6.07, 6.45) is 2.60. The van der Waals surface area contributed by atoms with Crippen molar-refractivity contribution in [1.29, 1.82) is 0 Å². The summed E-state index contributed by atoms with van der Waals surface area (Å²) in [6, 6.07) is 16.6. The van der Waals surface area contributed by atoms with E-state index in [4.69, 9.17) is 17.3 Å². The summed E-state index contributed by atoms with van der Waals surface area (Å²) in [6.45, 7) is 0.594. The van der Waals surface area contributed by atoms with Crippen LogP contribution in [0.3, 0.4) is 0 Å². The Kier molecular flexibility index (Phi) is 4.58. The number of benzene rings is 2. The van der Waals surface area contributed by atoms with Crippen LogP contribution < -0.4 is 22.7 Å². The van der Waals surface area contributed by atoms with Crippen LogP contribution >= 0.6 is 0 Å². The lowest BCUT2D eigenvalue weighted by Crippen LogP contribution is -2.13. The molecule has 0 spiro atoms. The van der Waals surface area contributed by atoms with Gasteiger partial charge < -0.3 is 21.5 Å². The summed E-state index contributed by atoms with van der Waals surface area (Å²) in [5.41, 5.74) is 19.0. The van der Waals surface area contributed by atoms with Crippen LogP contribution in [0.5, 0.6) is 0 Å². The SMILES string of the molecule is NNc1nc(N)cc(Cc2cccc3c2ccn3Cc2cccc(F)c2)c1N. The van der Waals surface area contributed by atoms with Gasteiger partial charge in [0.05, 0.1) is 5.69 Å². The van der Waals surface area contributed by atoms with E-state index in [9.17, 15) is 4.39 Å². The Bertz CT molecular complexity index is 1150. The number of hydrogen-bond acceptors (Lipinski definition) is 5. The van der Waals surface area contributed by atoms with Crippen molar-refractivity contribution in [3.05, 3.63) is 83.3 Å². The molecule has 0 aliphatic carbocycles. The molecule has 0 bridgehead atoms. The Morgan fingerprint density at radius 2 is 1.82 bits per heavy atom. The molecule has 0 amide bonds. The van der Waals surface area contributed by atoms with Crippen LogP contribution in [0.15, 0.2) is 60.8 Å². The molecule has 0 saturated carbocycles. The minimum absolute atomic E-state index is 0.232. The quantitative estimate of drug-likeness (QED) is 0.316. The molecule has 4 rings (SSSR count). The predicted molar refractivity (Wildman–Crippen MR) is 111 cm³/mol. The molecule has 142 valence electrons. The first-order chi connectivity index (χ1) is 13.5. The zero-order valence-electron chi connectivity index (χ0n) is 15.2. The van der Waals surface area contributed by atoms with Crippen LogP contribution in [0.2, 0.25) is 0 Å². The van der Waals surface area contributed by atoms with E-state index in [0.717, 1.165) is 27.6 Å². The highest BCUT2D eigenvalue weighted by Gasteiger charge is 2.12. The average molecular weight is 376 g/mol. The maximum Gasteiger partial charge on any atom is 0.165 e. The molecular formula is C21H21FN6. The fourth-order valence-corrected chi connectivity index (χ4v) is 3.50. The topological polar surface area (TPSA) is 108 Å².